The lowest BCUT2D eigenvalue weighted by Crippen LogP contribution is -2.62. The molecule has 2 fully saturated rings. The molecule has 1 aromatic carbocycles. The van der Waals surface area contributed by atoms with E-state index in [1.807, 2.05) is 6.07 Å². The molecule has 5 heteroatoms. The Morgan fingerprint density at radius 2 is 2.12 bits per heavy atom. The lowest BCUT2D eigenvalue weighted by Gasteiger charge is -2.52. The second-order valence-electron chi connectivity index (χ2n) is 7.05. The number of hydrogen-bond acceptors (Lipinski definition) is 4. The van der Waals surface area contributed by atoms with E-state index in [9.17, 15) is 0 Å². The molecule has 1 saturated carbocycles. The fourth-order valence-corrected chi connectivity index (χ4v) is 6.18. The Kier molecular flexibility index (Phi) is 3.45. The average Bonchev–Trinajstić information content (AvgIpc) is 3.20. The van der Waals surface area contributed by atoms with Crippen LogP contribution in [0.3, 0.4) is 0 Å². The molecule has 5 rings (SSSR count). The van der Waals surface area contributed by atoms with E-state index in [0.717, 1.165) is 35.2 Å². The number of hydrogen-bond donors (Lipinski definition) is 0. The van der Waals surface area contributed by atoms with E-state index in [1.54, 1.807) is 7.11 Å². The maximum atomic E-state index is 6.60. The second-order valence-corrected chi connectivity index (χ2v) is 8.13. The monoisotopic (exact) mass is 440 g/mol. The minimum Gasteiger partial charge on any atom is -0.493 e. The van der Waals surface area contributed by atoms with Crippen LogP contribution in [0.15, 0.2) is 18.2 Å². The third kappa shape index (κ3) is 1.76. The lowest BCUT2D eigenvalue weighted by molar-refractivity contribution is -0.247. The number of ether oxygens (including phenoxy) is 4. The molecule has 24 heavy (non-hydrogen) atoms. The molecule has 4 aliphatic rings. The average molecular weight is 440 g/mol. The first kappa shape index (κ1) is 15.5. The highest BCUT2D eigenvalue weighted by atomic mass is 127. The summed E-state index contributed by atoms with van der Waals surface area (Å²) in [5, 5.41) is 0. The van der Waals surface area contributed by atoms with Crippen molar-refractivity contribution >= 4 is 28.7 Å². The Morgan fingerprint density at radius 3 is 2.88 bits per heavy atom. The summed E-state index contributed by atoms with van der Waals surface area (Å²) >= 11 is 2.48. The van der Waals surface area contributed by atoms with Crippen molar-refractivity contribution < 1.29 is 18.9 Å². The van der Waals surface area contributed by atoms with Gasteiger partial charge in [-0.2, -0.15) is 0 Å². The van der Waals surface area contributed by atoms with Gasteiger partial charge in [-0.25, -0.2) is 0 Å². The molecule has 2 heterocycles. The fraction of sp³-hybridized carbons (Fsp3) is 0.579. The third-order valence-electron chi connectivity index (χ3n) is 6.20. The molecular formula is C19H21IO4. The van der Waals surface area contributed by atoms with Crippen molar-refractivity contribution in [2.75, 3.05) is 24.8 Å². The van der Waals surface area contributed by atoms with Gasteiger partial charge in [0.25, 0.3) is 0 Å². The summed E-state index contributed by atoms with van der Waals surface area (Å²) in [6.07, 6.45) is 7.57. The molecular weight excluding hydrogens is 419 g/mol. The normalized spacial score (nSPS) is 34.2. The third-order valence-corrected chi connectivity index (χ3v) is 6.74. The first-order chi connectivity index (χ1) is 11.7. The Labute approximate surface area is 155 Å². The van der Waals surface area contributed by atoms with Crippen molar-refractivity contribution in [2.24, 2.45) is 5.92 Å². The highest BCUT2D eigenvalue weighted by molar-refractivity contribution is 14.1. The quantitative estimate of drug-likeness (QED) is 0.531. The van der Waals surface area contributed by atoms with Crippen LogP contribution in [0.5, 0.6) is 11.5 Å². The van der Waals surface area contributed by atoms with Crippen molar-refractivity contribution in [2.45, 2.75) is 36.6 Å². The number of halogens is 1. The van der Waals surface area contributed by atoms with E-state index in [1.165, 1.54) is 11.1 Å². The van der Waals surface area contributed by atoms with Crippen LogP contribution in [0.4, 0.5) is 0 Å². The van der Waals surface area contributed by atoms with Crippen molar-refractivity contribution in [1.29, 1.82) is 0 Å². The van der Waals surface area contributed by atoms with Crippen molar-refractivity contribution in [3.05, 3.63) is 29.3 Å². The Hall–Kier alpha value is -0.790. The van der Waals surface area contributed by atoms with Gasteiger partial charge in [0, 0.05) is 21.8 Å². The van der Waals surface area contributed by atoms with Crippen LogP contribution in [-0.2, 0) is 14.9 Å². The van der Waals surface area contributed by atoms with E-state index < -0.39 is 5.79 Å². The minimum absolute atomic E-state index is 0.0717. The standard InChI is InChI=1S/C19H21IO4/c1-21-14-5-3-12-2-4-13-6-7-19(22-10-11-23-19)17-18(13,8-9-20)15(12)16(14)24-17/h2-5,13,17H,6-11H2,1H3/t13-,17-,18+/m1/s1. The predicted molar refractivity (Wildman–Crippen MR) is 99.0 cm³/mol. The molecule has 0 radical (unpaired) electrons. The van der Waals surface area contributed by atoms with Gasteiger partial charge in [-0.05, 0) is 30.4 Å². The predicted octanol–water partition coefficient (Wildman–Crippen LogP) is 3.70. The van der Waals surface area contributed by atoms with Gasteiger partial charge in [-0.1, -0.05) is 40.8 Å². The van der Waals surface area contributed by atoms with Crippen LogP contribution in [0.2, 0.25) is 0 Å². The number of alkyl halides is 1. The molecule has 0 amide bonds. The topological polar surface area (TPSA) is 36.9 Å². The highest BCUT2D eigenvalue weighted by Crippen LogP contribution is 2.64. The second kappa shape index (κ2) is 5.35. The molecule has 0 bridgehead atoms. The molecule has 1 aromatic rings. The summed E-state index contributed by atoms with van der Waals surface area (Å²) in [6, 6.07) is 4.17. The van der Waals surface area contributed by atoms with Crippen LogP contribution < -0.4 is 9.47 Å². The van der Waals surface area contributed by atoms with Crippen LogP contribution in [0.25, 0.3) is 6.08 Å². The molecule has 128 valence electrons. The van der Waals surface area contributed by atoms with Gasteiger partial charge < -0.3 is 18.9 Å². The summed E-state index contributed by atoms with van der Waals surface area (Å²) in [4.78, 5) is 0. The zero-order valence-corrected chi connectivity index (χ0v) is 15.9. The van der Waals surface area contributed by atoms with E-state index in [0.29, 0.717) is 19.1 Å². The van der Waals surface area contributed by atoms with Gasteiger partial charge >= 0.3 is 0 Å². The van der Waals surface area contributed by atoms with E-state index in [-0.39, 0.29) is 11.5 Å². The van der Waals surface area contributed by atoms with E-state index in [4.69, 9.17) is 18.9 Å². The Bertz CT molecular complexity index is 710. The fourth-order valence-electron chi connectivity index (χ4n) is 5.29. The summed E-state index contributed by atoms with van der Waals surface area (Å²) < 4.78 is 25.6. The van der Waals surface area contributed by atoms with Crippen LogP contribution >= 0.6 is 22.6 Å². The Balaban J connectivity index is 1.76. The molecule has 1 spiro atoms. The number of benzene rings is 1. The SMILES string of the molecule is COc1ccc2c3c1O[C@H]1C4(CC[C@@H](C=C2)[C@@]31CCI)OCCO4. The zero-order valence-electron chi connectivity index (χ0n) is 13.7. The zero-order chi connectivity index (χ0) is 16.4. The van der Waals surface area contributed by atoms with Crippen molar-refractivity contribution in [1.82, 2.24) is 0 Å². The Morgan fingerprint density at radius 1 is 1.29 bits per heavy atom. The van der Waals surface area contributed by atoms with Gasteiger partial charge in [0.2, 0.25) is 5.79 Å². The van der Waals surface area contributed by atoms with Gasteiger partial charge in [0.15, 0.2) is 17.6 Å². The van der Waals surface area contributed by atoms with E-state index in [2.05, 4.69) is 40.8 Å². The van der Waals surface area contributed by atoms with Gasteiger partial charge in [-0.15, -0.1) is 0 Å². The molecule has 4 nitrogen and oxygen atoms in total. The molecule has 0 unspecified atom stereocenters. The van der Waals surface area contributed by atoms with Crippen LogP contribution in [0.1, 0.15) is 30.4 Å². The summed E-state index contributed by atoms with van der Waals surface area (Å²) in [7, 11) is 1.71. The highest BCUT2D eigenvalue weighted by Gasteiger charge is 2.67. The smallest absolute Gasteiger partial charge is 0.206 e. The number of rotatable bonds is 3. The minimum atomic E-state index is -0.602. The number of methoxy groups -OCH3 is 1. The van der Waals surface area contributed by atoms with E-state index >= 15 is 0 Å². The maximum absolute atomic E-state index is 6.60. The van der Waals surface area contributed by atoms with Crippen LogP contribution in [0, 0.1) is 5.92 Å². The largest absolute Gasteiger partial charge is 0.493 e. The molecule has 2 aliphatic heterocycles. The first-order valence-corrected chi connectivity index (χ1v) is 10.2. The molecule has 0 aromatic heterocycles. The molecule has 0 N–H and O–H groups in total. The molecule has 2 aliphatic carbocycles. The summed E-state index contributed by atoms with van der Waals surface area (Å²) in [6.45, 7) is 1.31. The lowest BCUT2D eigenvalue weighted by atomic mass is 9.56. The van der Waals surface area contributed by atoms with Crippen molar-refractivity contribution in [3.8, 4) is 11.5 Å². The van der Waals surface area contributed by atoms with Gasteiger partial charge in [0.05, 0.1) is 20.3 Å². The maximum Gasteiger partial charge on any atom is 0.206 e. The van der Waals surface area contributed by atoms with Gasteiger partial charge in [0.1, 0.15) is 0 Å². The van der Waals surface area contributed by atoms with Gasteiger partial charge in [-0.3, -0.25) is 0 Å². The summed E-state index contributed by atoms with van der Waals surface area (Å²) in [5.41, 5.74) is 2.50. The molecule has 1 saturated heterocycles. The summed E-state index contributed by atoms with van der Waals surface area (Å²) in [5.74, 6) is 1.59. The number of allylic oxidation sites excluding steroid dienone is 1. The number of fused-ring (bicyclic) bond motifs is 1. The van der Waals surface area contributed by atoms with Crippen LogP contribution in [-0.4, -0.2) is 36.6 Å². The molecule has 3 atom stereocenters. The first-order valence-electron chi connectivity index (χ1n) is 8.65. The van der Waals surface area contributed by atoms with Crippen molar-refractivity contribution in [3.63, 3.8) is 0 Å².